The highest BCUT2D eigenvalue weighted by Gasteiger charge is 2.23. The van der Waals surface area contributed by atoms with E-state index in [1.54, 1.807) is 0 Å². The number of fused-ring (bicyclic) bond motifs is 2. The fraction of sp³-hybridized carbons (Fsp3) is 1.00. The largest absolute Gasteiger partial charge is 0.314 e. The Morgan fingerprint density at radius 3 is 2.50 bits per heavy atom. The van der Waals surface area contributed by atoms with E-state index >= 15 is 0 Å². The lowest BCUT2D eigenvalue weighted by Crippen LogP contribution is -2.20. The van der Waals surface area contributed by atoms with Crippen LogP contribution in [-0.2, 0) is 0 Å². The third-order valence-electron chi connectivity index (χ3n) is 3.48. The molecule has 2 bridgehead atoms. The average molecular weight is 167 g/mol. The van der Waals surface area contributed by atoms with E-state index in [4.69, 9.17) is 0 Å². The lowest BCUT2D eigenvalue weighted by atomic mass is 9.94. The number of rotatable bonds is 0. The van der Waals surface area contributed by atoms with E-state index in [2.05, 4.69) is 5.32 Å². The highest BCUT2D eigenvalue weighted by molar-refractivity contribution is 4.81. The first kappa shape index (κ1) is 8.55. The molecule has 12 heavy (non-hydrogen) atoms. The van der Waals surface area contributed by atoms with Crippen LogP contribution < -0.4 is 5.32 Å². The fourth-order valence-electron chi connectivity index (χ4n) is 2.70. The van der Waals surface area contributed by atoms with Crippen LogP contribution in [-0.4, -0.2) is 12.6 Å². The maximum absolute atomic E-state index is 3.65. The summed E-state index contributed by atoms with van der Waals surface area (Å²) in [5.41, 5.74) is 0. The van der Waals surface area contributed by atoms with E-state index in [9.17, 15) is 0 Å². The molecule has 1 aliphatic carbocycles. The minimum Gasteiger partial charge on any atom is -0.314 e. The Labute approximate surface area is 75.9 Å². The number of nitrogens with one attached hydrogen (secondary N) is 1. The Balaban J connectivity index is 1.82. The van der Waals surface area contributed by atoms with Crippen LogP contribution in [0.1, 0.15) is 51.4 Å². The first-order chi connectivity index (χ1) is 5.95. The maximum Gasteiger partial charge on any atom is 0.00702 e. The van der Waals surface area contributed by atoms with Gasteiger partial charge in [0.25, 0.3) is 0 Å². The monoisotopic (exact) mass is 167 g/mol. The molecule has 1 aliphatic heterocycles. The van der Waals surface area contributed by atoms with Gasteiger partial charge >= 0.3 is 0 Å². The molecule has 2 atom stereocenters. The Kier molecular flexibility index (Phi) is 3.04. The molecule has 0 aromatic rings. The van der Waals surface area contributed by atoms with Crippen LogP contribution in [0.5, 0.6) is 0 Å². The first-order valence-corrected chi connectivity index (χ1v) is 5.68. The second-order valence-corrected chi connectivity index (χ2v) is 4.55. The highest BCUT2D eigenvalue weighted by Crippen LogP contribution is 2.25. The molecule has 2 unspecified atom stereocenters. The number of hydrogen-bond donors (Lipinski definition) is 1. The summed E-state index contributed by atoms with van der Waals surface area (Å²) in [5.74, 6) is 1.02. The summed E-state index contributed by atoms with van der Waals surface area (Å²) in [6.07, 6.45) is 11.8. The first-order valence-electron chi connectivity index (χ1n) is 5.68. The topological polar surface area (TPSA) is 12.0 Å². The van der Waals surface area contributed by atoms with Crippen molar-refractivity contribution in [1.29, 1.82) is 0 Å². The summed E-state index contributed by atoms with van der Waals surface area (Å²) < 4.78 is 0. The van der Waals surface area contributed by atoms with Gasteiger partial charge in [-0.2, -0.15) is 0 Å². The Hall–Kier alpha value is -0.0400. The van der Waals surface area contributed by atoms with Crippen molar-refractivity contribution in [2.75, 3.05) is 6.54 Å². The normalized spacial score (nSPS) is 38.0. The summed E-state index contributed by atoms with van der Waals surface area (Å²) in [5, 5.41) is 3.65. The fourth-order valence-corrected chi connectivity index (χ4v) is 2.70. The van der Waals surface area contributed by atoms with Gasteiger partial charge in [-0.3, -0.25) is 0 Å². The van der Waals surface area contributed by atoms with Gasteiger partial charge in [-0.1, -0.05) is 32.1 Å². The summed E-state index contributed by atoms with van der Waals surface area (Å²) >= 11 is 0. The third-order valence-corrected chi connectivity index (χ3v) is 3.48. The van der Waals surface area contributed by atoms with Crippen LogP contribution in [0.3, 0.4) is 0 Å². The van der Waals surface area contributed by atoms with Gasteiger partial charge in [-0.15, -0.1) is 0 Å². The lowest BCUT2D eigenvalue weighted by Gasteiger charge is -2.12. The second kappa shape index (κ2) is 4.27. The van der Waals surface area contributed by atoms with Gasteiger partial charge in [-0.05, 0) is 31.7 Å². The van der Waals surface area contributed by atoms with E-state index in [0.29, 0.717) is 0 Å². The molecule has 1 N–H and O–H groups in total. The van der Waals surface area contributed by atoms with E-state index in [0.717, 1.165) is 12.0 Å². The Morgan fingerprint density at radius 1 is 0.833 bits per heavy atom. The molecule has 0 amide bonds. The van der Waals surface area contributed by atoms with Crippen molar-refractivity contribution in [3.8, 4) is 0 Å². The van der Waals surface area contributed by atoms with Gasteiger partial charge in [0.2, 0.25) is 0 Å². The summed E-state index contributed by atoms with van der Waals surface area (Å²) in [6, 6.07) is 0.882. The SMILES string of the molecule is C1CCCC2CNC(CCC1)C2. The van der Waals surface area contributed by atoms with E-state index < -0.39 is 0 Å². The van der Waals surface area contributed by atoms with Gasteiger partial charge < -0.3 is 5.32 Å². The van der Waals surface area contributed by atoms with Crippen molar-refractivity contribution in [2.45, 2.75) is 57.4 Å². The molecular formula is C11H21N. The molecule has 2 rings (SSSR count). The molecule has 1 heterocycles. The molecule has 1 heteroatoms. The predicted molar refractivity (Wildman–Crippen MR) is 52.2 cm³/mol. The van der Waals surface area contributed by atoms with Gasteiger partial charge in [0.15, 0.2) is 0 Å². The summed E-state index contributed by atoms with van der Waals surface area (Å²) in [7, 11) is 0. The minimum absolute atomic E-state index is 0.882. The molecule has 2 fully saturated rings. The lowest BCUT2D eigenvalue weighted by molar-refractivity contribution is 0.438. The third kappa shape index (κ3) is 2.22. The molecule has 1 nitrogen and oxygen atoms in total. The molecule has 1 saturated heterocycles. The van der Waals surface area contributed by atoms with Crippen LogP contribution in [0.15, 0.2) is 0 Å². The van der Waals surface area contributed by atoms with E-state index in [1.807, 2.05) is 0 Å². The number of hydrogen-bond acceptors (Lipinski definition) is 1. The van der Waals surface area contributed by atoms with E-state index in [1.165, 1.54) is 57.9 Å². The van der Waals surface area contributed by atoms with Crippen LogP contribution in [0.4, 0.5) is 0 Å². The Bertz CT molecular complexity index is 119. The van der Waals surface area contributed by atoms with Crippen LogP contribution in [0.25, 0.3) is 0 Å². The summed E-state index contributed by atoms with van der Waals surface area (Å²) in [4.78, 5) is 0. The molecule has 0 radical (unpaired) electrons. The molecule has 0 aromatic carbocycles. The highest BCUT2D eigenvalue weighted by atomic mass is 14.9. The molecular weight excluding hydrogens is 146 g/mol. The van der Waals surface area contributed by atoms with Crippen molar-refractivity contribution in [1.82, 2.24) is 5.32 Å². The predicted octanol–water partition coefficient (Wildman–Crippen LogP) is 2.71. The maximum atomic E-state index is 3.65. The van der Waals surface area contributed by atoms with Crippen molar-refractivity contribution in [3.05, 3.63) is 0 Å². The van der Waals surface area contributed by atoms with Crippen molar-refractivity contribution >= 4 is 0 Å². The van der Waals surface area contributed by atoms with Gasteiger partial charge in [-0.25, -0.2) is 0 Å². The van der Waals surface area contributed by atoms with Gasteiger partial charge in [0.05, 0.1) is 0 Å². The molecule has 2 aliphatic rings. The van der Waals surface area contributed by atoms with Crippen LogP contribution in [0, 0.1) is 5.92 Å². The standard InChI is InChI=1S/C11H21N/c1-2-4-6-10-8-11(12-9-10)7-5-3-1/h10-12H,1-9H2. The van der Waals surface area contributed by atoms with Crippen LogP contribution in [0.2, 0.25) is 0 Å². The zero-order valence-electron chi connectivity index (χ0n) is 8.02. The molecule has 1 saturated carbocycles. The van der Waals surface area contributed by atoms with E-state index in [-0.39, 0.29) is 0 Å². The second-order valence-electron chi connectivity index (χ2n) is 4.55. The summed E-state index contributed by atoms with van der Waals surface area (Å²) in [6.45, 7) is 1.31. The average Bonchev–Trinajstić information content (AvgIpc) is 2.51. The van der Waals surface area contributed by atoms with Crippen molar-refractivity contribution in [2.24, 2.45) is 5.92 Å². The molecule has 0 aromatic heterocycles. The van der Waals surface area contributed by atoms with Gasteiger partial charge in [0, 0.05) is 6.04 Å². The smallest absolute Gasteiger partial charge is 0.00702 e. The van der Waals surface area contributed by atoms with Crippen LogP contribution >= 0.6 is 0 Å². The van der Waals surface area contributed by atoms with Crippen molar-refractivity contribution in [3.63, 3.8) is 0 Å². The zero-order chi connectivity index (χ0) is 8.23. The molecule has 70 valence electrons. The van der Waals surface area contributed by atoms with Gasteiger partial charge in [0.1, 0.15) is 0 Å². The quantitative estimate of drug-likeness (QED) is 0.585. The van der Waals surface area contributed by atoms with Crippen molar-refractivity contribution < 1.29 is 0 Å². The zero-order valence-corrected chi connectivity index (χ0v) is 8.02. The molecule has 0 spiro atoms. The Morgan fingerprint density at radius 2 is 1.58 bits per heavy atom. The minimum atomic E-state index is 0.882.